The van der Waals surface area contributed by atoms with E-state index in [4.69, 9.17) is 11.6 Å². The number of aliphatic hydroxyl groups is 1. The van der Waals surface area contributed by atoms with Gasteiger partial charge in [-0.3, -0.25) is 4.79 Å². The number of hydrogen-bond donors (Lipinski definition) is 1. The summed E-state index contributed by atoms with van der Waals surface area (Å²) < 4.78 is 29.3. The van der Waals surface area contributed by atoms with Crippen molar-refractivity contribution in [3.63, 3.8) is 0 Å². The quantitative estimate of drug-likeness (QED) is 0.426. The summed E-state index contributed by atoms with van der Waals surface area (Å²) >= 11 is 9.74. The van der Waals surface area contributed by atoms with Crippen molar-refractivity contribution in [1.82, 2.24) is 9.21 Å². The van der Waals surface area contributed by atoms with E-state index in [1.54, 1.807) is 0 Å². The van der Waals surface area contributed by atoms with Gasteiger partial charge in [0, 0.05) is 23.1 Å². The van der Waals surface area contributed by atoms with Crippen LogP contribution in [0.5, 0.6) is 0 Å². The number of likely N-dealkylation sites (tertiary alicyclic amines) is 1. The van der Waals surface area contributed by atoms with Gasteiger partial charge >= 0.3 is 0 Å². The van der Waals surface area contributed by atoms with Crippen molar-refractivity contribution in [2.24, 2.45) is 5.92 Å². The molecule has 3 aromatic carbocycles. The van der Waals surface area contributed by atoms with E-state index in [-0.39, 0.29) is 34.5 Å². The van der Waals surface area contributed by atoms with E-state index in [0.717, 1.165) is 29.3 Å². The number of halogens is 2. The molecule has 5 rings (SSSR count). The van der Waals surface area contributed by atoms with Gasteiger partial charge in [0.25, 0.3) is 5.91 Å². The largest absolute Gasteiger partial charge is 0.381 e. The summed E-state index contributed by atoms with van der Waals surface area (Å²) in [5.41, 5.74) is 1.08. The van der Waals surface area contributed by atoms with Crippen molar-refractivity contribution < 1.29 is 18.3 Å². The lowest BCUT2D eigenvalue weighted by molar-refractivity contribution is -0.0864. The number of hydrogen-bond acceptors (Lipinski definition) is 4. The lowest BCUT2D eigenvalue weighted by Crippen LogP contribution is -2.61. The second-order valence-electron chi connectivity index (χ2n) is 9.89. The Morgan fingerprint density at radius 3 is 2.38 bits per heavy atom. The van der Waals surface area contributed by atoms with Gasteiger partial charge in [0.1, 0.15) is 10.5 Å². The normalized spacial score (nSPS) is 18.4. The number of nitrogens with zero attached hydrogens (tertiary/aromatic N) is 2. The summed E-state index contributed by atoms with van der Waals surface area (Å²) in [6.45, 7) is 1.09. The molecule has 0 spiro atoms. The Kier molecular flexibility index (Phi) is 7.49. The Labute approximate surface area is 231 Å². The first-order valence-corrected chi connectivity index (χ1v) is 14.9. The number of amides is 1. The summed E-state index contributed by atoms with van der Waals surface area (Å²) in [4.78, 5) is 14.6. The van der Waals surface area contributed by atoms with Crippen molar-refractivity contribution in [1.29, 1.82) is 0 Å². The van der Waals surface area contributed by atoms with Crippen molar-refractivity contribution in [3.05, 3.63) is 99.0 Å². The minimum atomic E-state index is -3.85. The molecule has 0 atom stereocenters. The van der Waals surface area contributed by atoms with Gasteiger partial charge in [-0.1, -0.05) is 70.0 Å². The zero-order valence-electron chi connectivity index (χ0n) is 20.2. The predicted molar refractivity (Wildman–Crippen MR) is 147 cm³/mol. The third-order valence-corrected chi connectivity index (χ3v) is 10.2. The van der Waals surface area contributed by atoms with Gasteiger partial charge in [0.05, 0.1) is 18.1 Å². The average molecular weight is 604 g/mol. The molecule has 9 heteroatoms. The zero-order chi connectivity index (χ0) is 26.2. The van der Waals surface area contributed by atoms with Gasteiger partial charge in [0.15, 0.2) is 0 Å². The Hall–Kier alpha value is -2.23. The summed E-state index contributed by atoms with van der Waals surface area (Å²) in [6, 6.07) is 22.0. The molecule has 0 unspecified atom stereocenters. The van der Waals surface area contributed by atoms with Crippen molar-refractivity contribution in [2.45, 2.75) is 29.8 Å². The number of piperidine rings is 1. The molecule has 194 valence electrons. The first-order valence-electron chi connectivity index (χ1n) is 12.3. The Balaban J connectivity index is 1.26. The molecule has 2 aliphatic heterocycles. The highest BCUT2D eigenvalue weighted by Crippen LogP contribution is 2.35. The Morgan fingerprint density at radius 2 is 1.70 bits per heavy atom. The van der Waals surface area contributed by atoms with E-state index >= 15 is 0 Å². The average Bonchev–Trinajstić information content (AvgIpc) is 2.87. The number of carbonyl (C=O) groups excluding carboxylic acids is 1. The molecule has 37 heavy (non-hydrogen) atoms. The number of benzene rings is 3. The predicted octanol–water partition coefficient (Wildman–Crippen LogP) is 5.09. The van der Waals surface area contributed by atoms with Crippen LogP contribution in [0.15, 0.2) is 82.2 Å². The zero-order valence-corrected chi connectivity index (χ0v) is 23.3. The third-order valence-electron chi connectivity index (χ3n) is 7.29. The topological polar surface area (TPSA) is 77.9 Å². The standard InChI is InChI=1S/C28H28BrClN2O4S/c29-24-8-4-7-23(17-24)28(34)18-31(19-28)27(33)22-9-10-25(30)26(16-22)37(35,36)32-13-11-21(12-14-32)15-20-5-2-1-3-6-20/h1-10,16-17,21,34H,11-15,18-19H2. The smallest absolute Gasteiger partial charge is 0.254 e. The molecule has 0 aromatic heterocycles. The molecular weight excluding hydrogens is 576 g/mol. The lowest BCUT2D eigenvalue weighted by atomic mass is 9.85. The van der Waals surface area contributed by atoms with Gasteiger partial charge in [-0.15, -0.1) is 0 Å². The Bertz CT molecular complexity index is 1400. The minimum absolute atomic E-state index is 0.0516. The van der Waals surface area contributed by atoms with E-state index in [9.17, 15) is 18.3 Å². The minimum Gasteiger partial charge on any atom is -0.381 e. The van der Waals surface area contributed by atoms with Crippen LogP contribution in [0, 0.1) is 5.92 Å². The maximum Gasteiger partial charge on any atom is 0.254 e. The Morgan fingerprint density at radius 1 is 1.00 bits per heavy atom. The van der Waals surface area contributed by atoms with Crippen LogP contribution in [-0.4, -0.2) is 54.8 Å². The summed E-state index contributed by atoms with van der Waals surface area (Å²) in [6.07, 6.45) is 2.47. The van der Waals surface area contributed by atoms with Crippen molar-refractivity contribution in [3.8, 4) is 0 Å². The number of sulfonamides is 1. The first-order chi connectivity index (χ1) is 17.7. The van der Waals surface area contributed by atoms with Crippen molar-refractivity contribution in [2.75, 3.05) is 26.2 Å². The second-order valence-corrected chi connectivity index (χ2v) is 13.1. The molecule has 0 radical (unpaired) electrons. The number of rotatable bonds is 6. The van der Waals surface area contributed by atoms with Crippen LogP contribution in [0.2, 0.25) is 5.02 Å². The van der Waals surface area contributed by atoms with E-state index in [1.807, 2.05) is 42.5 Å². The fourth-order valence-corrected chi connectivity index (χ4v) is 7.52. The second kappa shape index (κ2) is 10.5. The van der Waals surface area contributed by atoms with Crippen molar-refractivity contribution >= 4 is 43.5 Å². The van der Waals surface area contributed by atoms with E-state index < -0.39 is 15.6 Å². The first kappa shape index (κ1) is 26.4. The molecule has 0 aliphatic carbocycles. The molecule has 6 nitrogen and oxygen atoms in total. The summed E-state index contributed by atoms with van der Waals surface area (Å²) in [5, 5.41) is 11.0. The molecule has 1 amide bonds. The van der Waals surface area contributed by atoms with Gasteiger partial charge in [-0.05, 0) is 66.6 Å². The van der Waals surface area contributed by atoms with Gasteiger partial charge in [-0.25, -0.2) is 8.42 Å². The molecule has 0 saturated carbocycles. The number of carbonyl (C=O) groups is 1. The summed E-state index contributed by atoms with van der Waals surface area (Å²) in [7, 11) is -3.85. The van der Waals surface area contributed by atoms with Gasteiger partial charge in [-0.2, -0.15) is 4.31 Å². The molecular formula is C28H28BrClN2O4S. The SMILES string of the molecule is O=C(c1ccc(Cl)c(S(=O)(=O)N2CCC(Cc3ccccc3)CC2)c1)N1CC(O)(c2cccc(Br)c2)C1. The monoisotopic (exact) mass is 602 g/mol. The van der Waals surface area contributed by atoms with Crippen LogP contribution in [0.1, 0.15) is 34.3 Å². The van der Waals surface area contributed by atoms with Crippen LogP contribution in [0.3, 0.4) is 0 Å². The highest BCUT2D eigenvalue weighted by atomic mass is 79.9. The van der Waals surface area contributed by atoms with Gasteiger partial charge in [0.2, 0.25) is 10.0 Å². The maximum absolute atomic E-state index is 13.5. The maximum atomic E-state index is 13.5. The van der Waals surface area contributed by atoms with E-state index in [2.05, 4.69) is 28.1 Å². The van der Waals surface area contributed by atoms with E-state index in [0.29, 0.717) is 19.0 Å². The lowest BCUT2D eigenvalue weighted by Gasteiger charge is -2.46. The van der Waals surface area contributed by atoms with Crippen LogP contribution in [-0.2, 0) is 22.0 Å². The molecule has 2 heterocycles. The highest BCUT2D eigenvalue weighted by molar-refractivity contribution is 9.10. The van der Waals surface area contributed by atoms with E-state index in [1.165, 1.54) is 33.0 Å². The molecule has 3 aromatic rings. The van der Waals surface area contributed by atoms with Gasteiger partial charge < -0.3 is 10.0 Å². The fraction of sp³-hybridized carbons (Fsp3) is 0.321. The fourth-order valence-electron chi connectivity index (χ4n) is 5.15. The molecule has 2 fully saturated rings. The molecule has 2 aliphatic rings. The van der Waals surface area contributed by atoms with Crippen LogP contribution >= 0.6 is 27.5 Å². The molecule has 2 saturated heterocycles. The van der Waals surface area contributed by atoms with Crippen LogP contribution < -0.4 is 0 Å². The summed E-state index contributed by atoms with van der Waals surface area (Å²) in [5.74, 6) is 0.0852. The molecule has 0 bridgehead atoms. The third kappa shape index (κ3) is 5.49. The van der Waals surface area contributed by atoms with Crippen LogP contribution in [0.25, 0.3) is 0 Å². The number of β-amino-alcohol motifs (C(OH)–C–C–N with tert-alkyl or cyclic N) is 1. The highest BCUT2D eigenvalue weighted by Gasteiger charge is 2.45. The van der Waals surface area contributed by atoms with Crippen LogP contribution in [0.4, 0.5) is 0 Å². The molecule has 1 N–H and O–H groups in total.